The number of thiazole rings is 1. The highest BCUT2D eigenvalue weighted by atomic mass is 32.2. The predicted molar refractivity (Wildman–Crippen MR) is 129 cm³/mol. The Balaban J connectivity index is 1.76. The van der Waals surface area contributed by atoms with E-state index in [2.05, 4.69) is 6.07 Å². The first-order valence-electron chi connectivity index (χ1n) is 10.8. The largest absolute Gasteiger partial charge is 0.376 e. The van der Waals surface area contributed by atoms with E-state index in [1.54, 1.807) is 36.9 Å². The number of nitrogens with zero attached hydrogens (tertiary/aromatic N) is 2. The molecule has 0 aliphatic carbocycles. The van der Waals surface area contributed by atoms with Crippen LogP contribution in [0.3, 0.4) is 0 Å². The molecule has 3 aromatic rings. The summed E-state index contributed by atoms with van der Waals surface area (Å²) in [4.78, 5) is 20.3. The fourth-order valence-electron chi connectivity index (χ4n) is 3.80. The first-order chi connectivity index (χ1) is 15.2. The van der Waals surface area contributed by atoms with Crippen LogP contribution >= 0.6 is 11.3 Å². The summed E-state index contributed by atoms with van der Waals surface area (Å²) in [6.45, 7) is 8.43. The van der Waals surface area contributed by atoms with Crippen LogP contribution < -0.4 is 4.90 Å². The number of aromatic nitrogens is 1. The number of carbonyl (C=O) groups excluding carboxylic acids is 1. The minimum atomic E-state index is -3.48. The van der Waals surface area contributed by atoms with Gasteiger partial charge in [-0.1, -0.05) is 23.5 Å². The van der Waals surface area contributed by atoms with Gasteiger partial charge in [-0.3, -0.25) is 9.69 Å². The highest BCUT2D eigenvalue weighted by molar-refractivity contribution is 7.92. The van der Waals surface area contributed by atoms with Crippen molar-refractivity contribution >= 4 is 42.4 Å². The average Bonchev–Trinajstić information content (AvgIpc) is 3.44. The smallest absolute Gasteiger partial charge is 0.260 e. The quantitative estimate of drug-likeness (QED) is 0.509. The summed E-state index contributed by atoms with van der Waals surface area (Å²) in [6, 6.07) is 10.4. The number of sulfone groups is 1. The van der Waals surface area contributed by atoms with Crippen LogP contribution in [-0.2, 0) is 14.6 Å². The zero-order chi connectivity index (χ0) is 23.0. The summed E-state index contributed by atoms with van der Waals surface area (Å²) < 4.78 is 32.1. The fourth-order valence-corrected chi connectivity index (χ4v) is 5.94. The maximum atomic E-state index is 13.7. The standard InChI is InChI=1S/C24H28N2O4S2/c1-15(2)32(28,29)20-9-5-7-18(13-20)23(27)26(14-19-8-6-12-30-19)24-25-22-17(4)16(3)10-11-21(22)31-24/h5,7,9-11,13,15,19H,6,8,12,14H2,1-4H3. The number of carbonyl (C=O) groups is 1. The molecule has 1 aromatic heterocycles. The molecule has 1 aliphatic heterocycles. The highest BCUT2D eigenvalue weighted by Crippen LogP contribution is 2.33. The lowest BCUT2D eigenvalue weighted by Gasteiger charge is -2.23. The Kier molecular flexibility index (Phi) is 6.38. The second-order valence-corrected chi connectivity index (χ2v) is 12.0. The van der Waals surface area contributed by atoms with E-state index in [4.69, 9.17) is 9.72 Å². The second kappa shape index (κ2) is 8.92. The summed E-state index contributed by atoms with van der Waals surface area (Å²) in [5.41, 5.74) is 3.47. The molecule has 2 aromatic carbocycles. The predicted octanol–water partition coefficient (Wildman–Crippen LogP) is 4.92. The number of benzene rings is 2. The molecule has 1 aliphatic rings. The molecule has 1 saturated heterocycles. The summed E-state index contributed by atoms with van der Waals surface area (Å²) in [5, 5.41) is 0.0395. The van der Waals surface area contributed by atoms with Gasteiger partial charge in [-0.25, -0.2) is 13.4 Å². The third-order valence-corrected chi connectivity index (χ3v) is 9.19. The van der Waals surface area contributed by atoms with Crippen LogP contribution in [0.1, 0.15) is 48.2 Å². The van der Waals surface area contributed by atoms with Crippen molar-refractivity contribution < 1.29 is 17.9 Å². The molecule has 4 rings (SSSR count). The van der Waals surface area contributed by atoms with Gasteiger partial charge in [-0.05, 0) is 75.9 Å². The van der Waals surface area contributed by atoms with Crippen molar-refractivity contribution in [2.45, 2.75) is 56.8 Å². The van der Waals surface area contributed by atoms with Gasteiger partial charge in [0.15, 0.2) is 15.0 Å². The van der Waals surface area contributed by atoms with Gasteiger partial charge in [0.05, 0.1) is 33.0 Å². The van der Waals surface area contributed by atoms with Gasteiger partial charge in [0.2, 0.25) is 0 Å². The van der Waals surface area contributed by atoms with Crippen LogP contribution in [0, 0.1) is 13.8 Å². The highest BCUT2D eigenvalue weighted by Gasteiger charge is 2.28. The Hall–Kier alpha value is -2.29. The number of ether oxygens (including phenoxy) is 1. The molecular formula is C24H28N2O4S2. The molecule has 32 heavy (non-hydrogen) atoms. The van der Waals surface area contributed by atoms with Gasteiger partial charge in [-0.15, -0.1) is 0 Å². The molecule has 2 heterocycles. The molecule has 170 valence electrons. The second-order valence-electron chi connectivity index (χ2n) is 8.52. The summed E-state index contributed by atoms with van der Waals surface area (Å²) >= 11 is 1.47. The SMILES string of the molecule is Cc1ccc2sc(N(CC3CCCO3)C(=O)c3cccc(S(=O)(=O)C(C)C)c3)nc2c1C. The van der Waals surface area contributed by atoms with Crippen molar-refractivity contribution in [3.63, 3.8) is 0 Å². The molecule has 1 fully saturated rings. The minimum absolute atomic E-state index is 0.0589. The molecule has 8 heteroatoms. The van der Waals surface area contributed by atoms with E-state index < -0.39 is 15.1 Å². The lowest BCUT2D eigenvalue weighted by Crippen LogP contribution is -2.37. The first kappa shape index (κ1) is 22.9. The number of amides is 1. The van der Waals surface area contributed by atoms with Crippen LogP contribution in [0.15, 0.2) is 41.3 Å². The number of anilines is 1. The van der Waals surface area contributed by atoms with E-state index in [1.165, 1.54) is 17.4 Å². The molecule has 1 amide bonds. The maximum Gasteiger partial charge on any atom is 0.260 e. The van der Waals surface area contributed by atoms with Gasteiger partial charge in [0, 0.05) is 12.2 Å². The zero-order valence-corrected chi connectivity index (χ0v) is 20.4. The van der Waals surface area contributed by atoms with Crippen molar-refractivity contribution in [2.75, 3.05) is 18.1 Å². The number of aryl methyl sites for hydroxylation is 2. The van der Waals surface area contributed by atoms with E-state index in [0.717, 1.165) is 34.2 Å². The summed E-state index contributed by atoms with van der Waals surface area (Å²) in [6.07, 6.45) is 1.79. The van der Waals surface area contributed by atoms with Crippen molar-refractivity contribution in [2.24, 2.45) is 0 Å². The zero-order valence-electron chi connectivity index (χ0n) is 18.8. The van der Waals surface area contributed by atoms with Crippen LogP contribution in [0.25, 0.3) is 10.2 Å². The number of hydrogen-bond donors (Lipinski definition) is 0. The van der Waals surface area contributed by atoms with Crippen molar-refractivity contribution in [1.29, 1.82) is 0 Å². The summed E-state index contributed by atoms with van der Waals surface area (Å²) in [5.74, 6) is -0.269. The van der Waals surface area contributed by atoms with E-state index in [9.17, 15) is 13.2 Å². The van der Waals surface area contributed by atoms with Crippen LogP contribution in [0.2, 0.25) is 0 Å². The first-order valence-corrected chi connectivity index (χ1v) is 13.2. The van der Waals surface area contributed by atoms with Crippen LogP contribution in [0.5, 0.6) is 0 Å². The molecule has 0 N–H and O–H groups in total. The topological polar surface area (TPSA) is 76.6 Å². The van der Waals surface area contributed by atoms with Crippen molar-refractivity contribution in [3.8, 4) is 0 Å². The lowest BCUT2D eigenvalue weighted by atomic mass is 10.1. The Morgan fingerprint density at radius 3 is 2.72 bits per heavy atom. The van der Waals surface area contributed by atoms with Gasteiger partial charge in [0.1, 0.15) is 0 Å². The fraction of sp³-hybridized carbons (Fsp3) is 0.417. The Morgan fingerprint density at radius 1 is 1.25 bits per heavy atom. The van der Waals surface area contributed by atoms with Gasteiger partial charge < -0.3 is 4.74 Å². The van der Waals surface area contributed by atoms with E-state index >= 15 is 0 Å². The maximum absolute atomic E-state index is 13.7. The molecule has 1 unspecified atom stereocenters. The van der Waals surface area contributed by atoms with Gasteiger partial charge >= 0.3 is 0 Å². The van der Waals surface area contributed by atoms with Gasteiger partial charge in [-0.2, -0.15) is 0 Å². The monoisotopic (exact) mass is 472 g/mol. The molecular weight excluding hydrogens is 444 g/mol. The van der Waals surface area contributed by atoms with Gasteiger partial charge in [0.25, 0.3) is 5.91 Å². The number of fused-ring (bicyclic) bond motifs is 1. The minimum Gasteiger partial charge on any atom is -0.376 e. The van der Waals surface area contributed by atoms with E-state index in [1.807, 2.05) is 19.9 Å². The lowest BCUT2D eigenvalue weighted by molar-refractivity contribution is 0.0917. The Morgan fingerprint density at radius 2 is 2.03 bits per heavy atom. The molecule has 0 bridgehead atoms. The molecule has 6 nitrogen and oxygen atoms in total. The van der Waals surface area contributed by atoms with Crippen LogP contribution in [-0.4, -0.2) is 43.8 Å². The normalized spacial score (nSPS) is 16.7. The molecule has 0 spiro atoms. The Labute approximate surface area is 193 Å². The van der Waals surface area contributed by atoms with E-state index in [-0.39, 0.29) is 16.9 Å². The number of hydrogen-bond acceptors (Lipinski definition) is 6. The Bertz CT molecular complexity index is 1260. The third-order valence-electron chi connectivity index (χ3n) is 5.99. The summed E-state index contributed by atoms with van der Waals surface area (Å²) in [7, 11) is -3.48. The third kappa shape index (κ3) is 4.31. The number of rotatable bonds is 6. The van der Waals surface area contributed by atoms with Crippen molar-refractivity contribution in [3.05, 3.63) is 53.1 Å². The van der Waals surface area contributed by atoms with Crippen LogP contribution in [0.4, 0.5) is 5.13 Å². The average molecular weight is 473 g/mol. The van der Waals surface area contributed by atoms with E-state index in [0.29, 0.717) is 23.8 Å². The molecule has 1 atom stereocenters. The molecule has 0 radical (unpaired) electrons. The van der Waals surface area contributed by atoms with Crippen molar-refractivity contribution in [1.82, 2.24) is 4.98 Å². The molecule has 0 saturated carbocycles.